The highest BCUT2D eigenvalue weighted by atomic mass is 32.1. The number of hydrogen-bond donors (Lipinski definition) is 1. The molecular formula is C12H8F12N2OS. The normalized spacial score (nSPS) is 14.5. The first kappa shape index (κ1) is 24.3. The SMILES string of the molecule is Cc1nc(NC(=O)C(F)(F)C(F)(F)C(F)(F)C(F)(F)C(F)(F)C(F)F)sc1C. The Morgan fingerprint density at radius 3 is 1.71 bits per heavy atom. The van der Waals surface area contributed by atoms with Crippen molar-refractivity contribution in [3.05, 3.63) is 10.6 Å². The van der Waals surface area contributed by atoms with Gasteiger partial charge in [0.15, 0.2) is 5.13 Å². The predicted molar refractivity (Wildman–Crippen MR) is 71.0 cm³/mol. The maximum absolute atomic E-state index is 13.6. The Balaban J connectivity index is 3.34. The summed E-state index contributed by atoms with van der Waals surface area (Å²) in [5.74, 6) is -40.0. The average molecular weight is 456 g/mol. The first-order chi connectivity index (χ1) is 12.2. The van der Waals surface area contributed by atoms with E-state index in [1.807, 2.05) is 0 Å². The van der Waals surface area contributed by atoms with Crippen LogP contribution in [0.5, 0.6) is 0 Å². The van der Waals surface area contributed by atoms with E-state index >= 15 is 0 Å². The molecule has 1 N–H and O–H groups in total. The summed E-state index contributed by atoms with van der Waals surface area (Å²) in [6.07, 6.45) is -5.60. The zero-order chi connectivity index (χ0) is 22.5. The van der Waals surface area contributed by atoms with E-state index in [1.54, 1.807) is 0 Å². The Bertz CT molecular complexity index is 725. The maximum Gasteiger partial charge on any atom is 0.393 e. The fourth-order valence-corrected chi connectivity index (χ4v) is 2.39. The number of nitrogens with zero attached hydrogens (tertiary/aromatic N) is 1. The highest BCUT2D eigenvalue weighted by Gasteiger charge is 2.89. The molecule has 0 saturated heterocycles. The van der Waals surface area contributed by atoms with Crippen LogP contribution in [-0.4, -0.2) is 46.9 Å². The molecule has 0 bridgehead atoms. The summed E-state index contributed by atoms with van der Waals surface area (Å²) in [6.45, 7) is 2.60. The van der Waals surface area contributed by atoms with E-state index in [4.69, 9.17) is 0 Å². The Morgan fingerprint density at radius 1 is 0.893 bits per heavy atom. The number of alkyl halides is 12. The summed E-state index contributed by atoms with van der Waals surface area (Å²) in [7, 11) is 0. The van der Waals surface area contributed by atoms with Crippen LogP contribution >= 0.6 is 11.3 Å². The van der Waals surface area contributed by atoms with Crippen molar-refractivity contribution in [2.45, 2.75) is 49.9 Å². The largest absolute Gasteiger partial charge is 0.393 e. The molecule has 0 aromatic carbocycles. The molecule has 28 heavy (non-hydrogen) atoms. The van der Waals surface area contributed by atoms with Gasteiger partial charge < -0.3 is 0 Å². The van der Waals surface area contributed by atoms with Crippen molar-refractivity contribution in [1.29, 1.82) is 0 Å². The second-order valence-electron chi connectivity index (χ2n) is 5.34. The van der Waals surface area contributed by atoms with Gasteiger partial charge in [0.25, 0.3) is 0 Å². The number of nitrogens with one attached hydrogen (secondary N) is 1. The van der Waals surface area contributed by atoms with Crippen LogP contribution in [0, 0.1) is 13.8 Å². The highest BCUT2D eigenvalue weighted by Crippen LogP contribution is 2.58. The lowest BCUT2D eigenvalue weighted by Crippen LogP contribution is -2.70. The molecule has 1 rings (SSSR count). The zero-order valence-corrected chi connectivity index (χ0v) is 14.2. The molecule has 0 fully saturated rings. The first-order valence-corrected chi connectivity index (χ1v) is 7.49. The monoisotopic (exact) mass is 456 g/mol. The average Bonchev–Trinajstić information content (AvgIpc) is 2.83. The number of carbonyl (C=O) groups excluding carboxylic acids is 1. The summed E-state index contributed by atoms with van der Waals surface area (Å²) in [4.78, 5) is 14.9. The van der Waals surface area contributed by atoms with Crippen molar-refractivity contribution in [3.8, 4) is 0 Å². The minimum absolute atomic E-state index is 0.101. The van der Waals surface area contributed by atoms with Crippen LogP contribution in [0.4, 0.5) is 57.8 Å². The molecule has 0 aliphatic heterocycles. The Kier molecular flexibility index (Phi) is 6.03. The molecule has 3 nitrogen and oxygen atoms in total. The van der Waals surface area contributed by atoms with E-state index in [1.165, 1.54) is 13.8 Å². The van der Waals surface area contributed by atoms with Gasteiger partial charge in [0.05, 0.1) is 5.69 Å². The van der Waals surface area contributed by atoms with Gasteiger partial charge in [-0.3, -0.25) is 10.1 Å². The van der Waals surface area contributed by atoms with Crippen molar-refractivity contribution in [2.24, 2.45) is 0 Å². The van der Waals surface area contributed by atoms with Crippen molar-refractivity contribution >= 4 is 22.4 Å². The van der Waals surface area contributed by atoms with Gasteiger partial charge in [0.2, 0.25) is 0 Å². The highest BCUT2D eigenvalue weighted by molar-refractivity contribution is 7.15. The van der Waals surface area contributed by atoms with Crippen LogP contribution in [0.2, 0.25) is 0 Å². The van der Waals surface area contributed by atoms with E-state index in [9.17, 15) is 57.5 Å². The molecule has 16 heteroatoms. The van der Waals surface area contributed by atoms with Crippen molar-refractivity contribution in [3.63, 3.8) is 0 Å². The molecule has 0 atom stereocenters. The lowest BCUT2D eigenvalue weighted by molar-refractivity contribution is -0.406. The second kappa shape index (κ2) is 6.95. The van der Waals surface area contributed by atoms with Gasteiger partial charge in [-0.15, -0.1) is 11.3 Å². The van der Waals surface area contributed by atoms with Gasteiger partial charge in [0, 0.05) is 4.88 Å². The molecule has 0 unspecified atom stereocenters. The maximum atomic E-state index is 13.6. The third kappa shape index (κ3) is 3.39. The number of aryl methyl sites for hydroxylation is 2. The molecule has 162 valence electrons. The number of rotatable bonds is 7. The summed E-state index contributed by atoms with van der Waals surface area (Å²) >= 11 is 0.415. The van der Waals surface area contributed by atoms with Crippen LogP contribution in [-0.2, 0) is 4.79 Å². The molecule has 1 heterocycles. The number of hydrogen-bond acceptors (Lipinski definition) is 3. The van der Waals surface area contributed by atoms with Crippen LogP contribution in [0.3, 0.4) is 0 Å². The topological polar surface area (TPSA) is 42.0 Å². The Labute approximate surface area is 151 Å². The van der Waals surface area contributed by atoms with Crippen molar-refractivity contribution in [2.75, 3.05) is 5.32 Å². The van der Waals surface area contributed by atoms with Gasteiger partial charge in [-0.2, -0.15) is 43.9 Å². The van der Waals surface area contributed by atoms with E-state index in [0.717, 1.165) is 5.32 Å². The predicted octanol–water partition coefficient (Wildman–Crippen LogP) is 5.14. The van der Waals surface area contributed by atoms with Crippen LogP contribution < -0.4 is 5.32 Å². The summed E-state index contributed by atoms with van der Waals surface area (Å²) in [5, 5.41) is 0.143. The fourth-order valence-electron chi connectivity index (χ4n) is 1.59. The van der Waals surface area contributed by atoms with Crippen molar-refractivity contribution in [1.82, 2.24) is 4.98 Å². The van der Waals surface area contributed by atoms with Gasteiger partial charge in [-0.1, -0.05) is 0 Å². The summed E-state index contributed by atoms with van der Waals surface area (Å²) < 4.78 is 156. The number of thiazole rings is 1. The van der Waals surface area contributed by atoms with Gasteiger partial charge in [0.1, 0.15) is 0 Å². The molecule has 1 amide bonds. The zero-order valence-electron chi connectivity index (χ0n) is 13.4. The lowest BCUT2D eigenvalue weighted by atomic mass is 9.94. The van der Waals surface area contributed by atoms with Crippen LogP contribution in [0.1, 0.15) is 10.6 Å². The van der Waals surface area contributed by atoms with Gasteiger partial charge in [-0.25, -0.2) is 13.8 Å². The summed E-state index contributed by atoms with van der Waals surface area (Å²) in [5.41, 5.74) is 0.101. The second-order valence-corrected chi connectivity index (χ2v) is 6.54. The summed E-state index contributed by atoms with van der Waals surface area (Å²) in [6, 6.07) is 0. The van der Waals surface area contributed by atoms with Gasteiger partial charge >= 0.3 is 41.9 Å². The molecule has 0 aliphatic carbocycles. The van der Waals surface area contributed by atoms with E-state index in [0.29, 0.717) is 11.3 Å². The Hall–Kier alpha value is -1.74. The molecule has 0 saturated carbocycles. The van der Waals surface area contributed by atoms with E-state index in [2.05, 4.69) is 4.98 Å². The van der Waals surface area contributed by atoms with Gasteiger partial charge in [-0.05, 0) is 13.8 Å². The van der Waals surface area contributed by atoms with E-state index < -0.39 is 47.1 Å². The minimum Gasteiger partial charge on any atom is -0.296 e. The van der Waals surface area contributed by atoms with E-state index in [-0.39, 0.29) is 10.6 Å². The number of aromatic nitrogens is 1. The smallest absolute Gasteiger partial charge is 0.296 e. The molecule has 0 aliphatic rings. The number of carbonyl (C=O) groups is 1. The molecule has 0 radical (unpaired) electrons. The number of amides is 1. The lowest BCUT2D eigenvalue weighted by Gasteiger charge is -2.38. The third-order valence-electron chi connectivity index (χ3n) is 3.41. The van der Waals surface area contributed by atoms with Crippen LogP contribution in [0.25, 0.3) is 0 Å². The molecule has 0 spiro atoms. The van der Waals surface area contributed by atoms with Crippen molar-refractivity contribution < 1.29 is 57.5 Å². The molecule has 1 aromatic heterocycles. The first-order valence-electron chi connectivity index (χ1n) is 6.67. The molecular weight excluding hydrogens is 448 g/mol. The minimum atomic E-state index is -7.75. The standard InChI is InChI=1S/C12H8F12N2OS/c1-3-4(2)28-7(25-3)26-6(27)9(17,18)11(21,22)12(23,24)10(19,20)8(15,16)5(13)14/h5H,1-2H3,(H,25,26,27). The Morgan fingerprint density at radius 2 is 1.36 bits per heavy atom. The fraction of sp³-hybridized carbons (Fsp3) is 0.667. The van der Waals surface area contributed by atoms with Crippen LogP contribution in [0.15, 0.2) is 0 Å². The third-order valence-corrected chi connectivity index (χ3v) is 4.40. The molecule has 1 aromatic rings. The number of halogens is 12. The number of anilines is 1. The quantitative estimate of drug-likeness (QED) is 0.578.